The number of amides is 1. The van der Waals surface area contributed by atoms with E-state index in [1.54, 1.807) is 25.0 Å². The number of aromatic amines is 1. The minimum atomic E-state index is -0.254. The Labute approximate surface area is 186 Å². The number of benzene rings is 1. The highest BCUT2D eigenvalue weighted by Gasteiger charge is 2.36. The summed E-state index contributed by atoms with van der Waals surface area (Å²) in [5.74, 6) is 0.503. The molecule has 4 rings (SSSR count). The second kappa shape index (κ2) is 8.65. The highest BCUT2D eigenvalue weighted by Crippen LogP contribution is 2.40. The van der Waals surface area contributed by atoms with Crippen LogP contribution < -0.4 is 10.3 Å². The molecule has 7 nitrogen and oxygen atoms in total. The third-order valence-electron chi connectivity index (χ3n) is 6.21. The highest BCUT2D eigenvalue weighted by atomic mass is 35.5. The standard InChI is InChI=1S/C23H27ClN2O5/c1-12-7-16(21(30-4)14-10-31-11-14)20(24)19-15(12)5-6-26(23(19)28)9-17-18(29-3)8-13(2)25-22(17)27/h7-8,14,21H,5-6,9-11H2,1-4H3,(H,25,27). The van der Waals surface area contributed by atoms with Crippen LogP contribution in [0, 0.1) is 19.8 Å². The number of carbonyl (C=O) groups excluding carboxylic acids is 1. The van der Waals surface area contributed by atoms with E-state index in [0.29, 0.717) is 53.8 Å². The molecule has 0 saturated carbocycles. The van der Waals surface area contributed by atoms with Gasteiger partial charge in [0.15, 0.2) is 0 Å². The maximum absolute atomic E-state index is 13.5. The number of hydrogen-bond donors (Lipinski definition) is 1. The first-order chi connectivity index (χ1) is 14.8. The Morgan fingerprint density at radius 2 is 2.00 bits per heavy atom. The number of fused-ring (bicyclic) bond motifs is 1. The number of pyridine rings is 1. The summed E-state index contributed by atoms with van der Waals surface area (Å²) < 4.78 is 16.4. The van der Waals surface area contributed by atoms with Gasteiger partial charge in [-0.3, -0.25) is 9.59 Å². The normalized spacial score (nSPS) is 17.3. The van der Waals surface area contributed by atoms with Gasteiger partial charge in [-0.2, -0.15) is 0 Å². The van der Waals surface area contributed by atoms with Gasteiger partial charge in [0.1, 0.15) is 5.75 Å². The molecule has 1 unspecified atom stereocenters. The molecule has 8 heteroatoms. The maximum atomic E-state index is 13.5. The predicted molar refractivity (Wildman–Crippen MR) is 117 cm³/mol. The summed E-state index contributed by atoms with van der Waals surface area (Å²) in [6.07, 6.45) is 0.442. The van der Waals surface area contributed by atoms with Crippen molar-refractivity contribution in [3.05, 3.63) is 61.0 Å². The first kappa shape index (κ1) is 21.9. The molecule has 0 radical (unpaired) electrons. The minimum Gasteiger partial charge on any atom is -0.496 e. The number of aromatic nitrogens is 1. The van der Waals surface area contributed by atoms with Crippen molar-refractivity contribution in [3.8, 4) is 5.75 Å². The van der Waals surface area contributed by atoms with Gasteiger partial charge < -0.3 is 24.1 Å². The Hall–Kier alpha value is -2.35. The molecule has 2 aliphatic rings. The fourth-order valence-corrected chi connectivity index (χ4v) is 4.84. The Balaban J connectivity index is 1.71. The van der Waals surface area contributed by atoms with Crippen molar-refractivity contribution in [1.82, 2.24) is 9.88 Å². The van der Waals surface area contributed by atoms with E-state index >= 15 is 0 Å². The molecule has 1 amide bonds. The van der Waals surface area contributed by atoms with Crippen molar-refractivity contribution in [3.63, 3.8) is 0 Å². The summed E-state index contributed by atoms with van der Waals surface area (Å²) >= 11 is 6.81. The zero-order valence-electron chi connectivity index (χ0n) is 18.2. The van der Waals surface area contributed by atoms with Crippen LogP contribution >= 0.6 is 11.6 Å². The smallest absolute Gasteiger partial charge is 0.256 e. The lowest BCUT2D eigenvalue weighted by Crippen LogP contribution is -2.40. The molecule has 1 aromatic heterocycles. The summed E-state index contributed by atoms with van der Waals surface area (Å²) in [6.45, 7) is 5.67. The van der Waals surface area contributed by atoms with E-state index in [1.165, 1.54) is 7.11 Å². The molecule has 1 saturated heterocycles. The van der Waals surface area contributed by atoms with Crippen LogP contribution in [0.25, 0.3) is 0 Å². The van der Waals surface area contributed by atoms with Gasteiger partial charge in [0, 0.05) is 30.8 Å². The number of H-pyrrole nitrogens is 1. The summed E-state index contributed by atoms with van der Waals surface area (Å²) in [5, 5.41) is 0.429. The van der Waals surface area contributed by atoms with Gasteiger partial charge >= 0.3 is 0 Å². The van der Waals surface area contributed by atoms with Gasteiger partial charge in [-0.05, 0) is 37.5 Å². The van der Waals surface area contributed by atoms with Crippen LogP contribution in [0.1, 0.15) is 44.4 Å². The third kappa shape index (κ3) is 3.86. The minimum absolute atomic E-state index is 0.154. The van der Waals surface area contributed by atoms with Gasteiger partial charge in [0.25, 0.3) is 11.5 Å². The number of ether oxygens (including phenoxy) is 3. The van der Waals surface area contributed by atoms with Crippen molar-refractivity contribution in [2.45, 2.75) is 32.9 Å². The third-order valence-corrected chi connectivity index (χ3v) is 6.61. The summed E-state index contributed by atoms with van der Waals surface area (Å²) in [4.78, 5) is 30.5. The molecular weight excluding hydrogens is 420 g/mol. The Kier molecular flexibility index (Phi) is 6.10. The molecule has 0 spiro atoms. The number of carbonyl (C=O) groups is 1. The topological polar surface area (TPSA) is 80.9 Å². The van der Waals surface area contributed by atoms with Crippen LogP contribution in [-0.2, 0) is 22.4 Å². The number of rotatable bonds is 6. The quantitative estimate of drug-likeness (QED) is 0.737. The molecule has 31 heavy (non-hydrogen) atoms. The van der Waals surface area contributed by atoms with E-state index in [9.17, 15) is 9.59 Å². The molecule has 166 valence electrons. The Morgan fingerprint density at radius 1 is 1.26 bits per heavy atom. The zero-order chi connectivity index (χ0) is 22.3. The van der Waals surface area contributed by atoms with Crippen LogP contribution in [0.5, 0.6) is 5.75 Å². The number of aryl methyl sites for hydroxylation is 2. The van der Waals surface area contributed by atoms with Crippen LogP contribution in [0.3, 0.4) is 0 Å². The summed E-state index contributed by atoms with van der Waals surface area (Å²) in [5.41, 5.74) is 4.18. The Bertz CT molecular complexity index is 1080. The van der Waals surface area contributed by atoms with E-state index < -0.39 is 0 Å². The van der Waals surface area contributed by atoms with E-state index in [-0.39, 0.29) is 30.0 Å². The first-order valence-electron chi connectivity index (χ1n) is 10.3. The summed E-state index contributed by atoms with van der Waals surface area (Å²) in [7, 11) is 3.17. The second-order valence-corrected chi connectivity index (χ2v) is 8.59. The number of nitrogens with zero attached hydrogens (tertiary/aromatic N) is 1. The van der Waals surface area contributed by atoms with Gasteiger partial charge in [-0.1, -0.05) is 17.7 Å². The molecular formula is C23H27ClN2O5. The molecule has 1 fully saturated rings. The van der Waals surface area contributed by atoms with Crippen molar-refractivity contribution in [2.24, 2.45) is 5.92 Å². The monoisotopic (exact) mass is 446 g/mol. The van der Waals surface area contributed by atoms with E-state index in [1.807, 2.05) is 13.0 Å². The van der Waals surface area contributed by atoms with Crippen molar-refractivity contribution in [1.29, 1.82) is 0 Å². The van der Waals surface area contributed by atoms with Gasteiger partial charge in [0.2, 0.25) is 0 Å². The average molecular weight is 447 g/mol. The molecule has 1 atom stereocenters. The Morgan fingerprint density at radius 3 is 2.61 bits per heavy atom. The largest absolute Gasteiger partial charge is 0.496 e. The highest BCUT2D eigenvalue weighted by molar-refractivity contribution is 6.35. The molecule has 1 N–H and O–H groups in total. The number of hydrogen-bond acceptors (Lipinski definition) is 5. The molecule has 1 aromatic carbocycles. The SMILES string of the molecule is COc1cc(C)[nH]c(=O)c1CN1CCc2c(C)cc(C(OC)C3COC3)c(Cl)c2C1=O. The van der Waals surface area contributed by atoms with Crippen molar-refractivity contribution < 1.29 is 19.0 Å². The van der Waals surface area contributed by atoms with Crippen LogP contribution in [0.4, 0.5) is 0 Å². The van der Waals surface area contributed by atoms with Crippen LogP contribution in [-0.4, -0.2) is 49.8 Å². The molecule has 2 aliphatic heterocycles. The van der Waals surface area contributed by atoms with Crippen LogP contribution in [0.15, 0.2) is 16.9 Å². The van der Waals surface area contributed by atoms with Gasteiger partial charge in [-0.25, -0.2) is 0 Å². The second-order valence-electron chi connectivity index (χ2n) is 8.21. The zero-order valence-corrected chi connectivity index (χ0v) is 19.0. The number of methoxy groups -OCH3 is 2. The fourth-order valence-electron chi connectivity index (χ4n) is 4.48. The van der Waals surface area contributed by atoms with Crippen molar-refractivity contribution in [2.75, 3.05) is 34.0 Å². The van der Waals surface area contributed by atoms with E-state index in [0.717, 1.165) is 16.7 Å². The average Bonchev–Trinajstić information content (AvgIpc) is 2.70. The first-order valence-corrected chi connectivity index (χ1v) is 10.7. The molecule has 0 bridgehead atoms. The van der Waals surface area contributed by atoms with Crippen LogP contribution in [0.2, 0.25) is 5.02 Å². The molecule has 3 heterocycles. The van der Waals surface area contributed by atoms with E-state index in [4.69, 9.17) is 25.8 Å². The summed E-state index contributed by atoms with van der Waals surface area (Å²) in [6, 6.07) is 3.79. The molecule has 0 aliphatic carbocycles. The molecule has 2 aromatic rings. The van der Waals surface area contributed by atoms with Gasteiger partial charge in [-0.15, -0.1) is 0 Å². The lowest BCUT2D eigenvalue weighted by Gasteiger charge is -2.35. The lowest BCUT2D eigenvalue weighted by molar-refractivity contribution is -0.105. The lowest BCUT2D eigenvalue weighted by atomic mass is 9.86. The fraction of sp³-hybridized carbons (Fsp3) is 0.478. The number of halogens is 1. The predicted octanol–water partition coefficient (Wildman–Crippen LogP) is 3.19. The maximum Gasteiger partial charge on any atom is 0.256 e. The van der Waals surface area contributed by atoms with E-state index in [2.05, 4.69) is 4.98 Å². The number of nitrogens with one attached hydrogen (secondary N) is 1. The van der Waals surface area contributed by atoms with Gasteiger partial charge in [0.05, 0.1) is 49.1 Å². The van der Waals surface area contributed by atoms with Crippen molar-refractivity contribution >= 4 is 17.5 Å².